The number of methoxy groups -OCH3 is 1. The number of hydrogen-bond acceptors (Lipinski definition) is 3. The summed E-state index contributed by atoms with van der Waals surface area (Å²) >= 11 is 0. The lowest BCUT2D eigenvalue weighted by atomic mass is 10.1. The van der Waals surface area contributed by atoms with Gasteiger partial charge in [-0.15, -0.1) is 0 Å². The molecular formula is C6H11NO3. The maximum atomic E-state index is 10.3. The molecule has 0 heterocycles. The van der Waals surface area contributed by atoms with Gasteiger partial charge >= 0.3 is 5.97 Å². The van der Waals surface area contributed by atoms with Crippen LogP contribution < -0.4 is 0 Å². The minimum atomic E-state index is -1.01. The van der Waals surface area contributed by atoms with Crippen molar-refractivity contribution in [3.8, 4) is 0 Å². The summed E-state index contributed by atoms with van der Waals surface area (Å²) in [5.74, 6) is -1.79. The molecule has 0 aliphatic carbocycles. The number of carboxylic acids is 1. The zero-order chi connectivity index (χ0) is 8.15. The smallest absolute Gasteiger partial charge is 0.314 e. The summed E-state index contributed by atoms with van der Waals surface area (Å²) in [6.45, 7) is 1.53. The first kappa shape index (κ1) is 9.10. The zero-order valence-corrected chi connectivity index (χ0v) is 6.05. The molecule has 1 atom stereocenters. The van der Waals surface area contributed by atoms with Crippen LogP contribution in [-0.4, -0.2) is 30.5 Å². The fourth-order valence-electron chi connectivity index (χ4n) is 0.548. The van der Waals surface area contributed by atoms with Crippen molar-refractivity contribution in [2.75, 3.05) is 13.7 Å². The molecule has 0 radical (unpaired) electrons. The van der Waals surface area contributed by atoms with Gasteiger partial charge in [-0.1, -0.05) is 0 Å². The molecule has 0 rings (SSSR count). The molecule has 0 aromatic carbocycles. The third-order valence-corrected chi connectivity index (χ3v) is 1.15. The summed E-state index contributed by atoms with van der Waals surface area (Å²) in [6.07, 6.45) is 0. The summed E-state index contributed by atoms with van der Waals surface area (Å²) in [5, 5.41) is 15.5. The van der Waals surface area contributed by atoms with Crippen LogP contribution in [0.5, 0.6) is 0 Å². The first-order valence-electron chi connectivity index (χ1n) is 2.86. The van der Waals surface area contributed by atoms with E-state index in [1.807, 2.05) is 0 Å². The highest BCUT2D eigenvalue weighted by Gasteiger charge is 2.18. The van der Waals surface area contributed by atoms with E-state index in [2.05, 4.69) is 4.74 Å². The summed E-state index contributed by atoms with van der Waals surface area (Å²) < 4.78 is 4.60. The summed E-state index contributed by atoms with van der Waals surface area (Å²) in [5.41, 5.74) is 0.120. The van der Waals surface area contributed by atoms with Crippen LogP contribution in [0.25, 0.3) is 0 Å². The van der Waals surface area contributed by atoms with Gasteiger partial charge in [-0.25, -0.2) is 0 Å². The van der Waals surface area contributed by atoms with Crippen LogP contribution in [0.4, 0.5) is 0 Å². The normalized spacial score (nSPS) is 12.6. The number of nitrogens with one attached hydrogen (secondary N) is 1. The minimum Gasteiger partial charge on any atom is -0.481 e. The summed E-state index contributed by atoms with van der Waals surface area (Å²) in [6, 6.07) is 0. The minimum absolute atomic E-state index is 0.0741. The highest BCUT2D eigenvalue weighted by Crippen LogP contribution is 1.98. The maximum Gasteiger partial charge on any atom is 0.314 e. The first-order chi connectivity index (χ1) is 4.59. The van der Waals surface area contributed by atoms with Gasteiger partial charge in [-0.2, -0.15) is 0 Å². The predicted octanol–water partition coefficient (Wildman–Crippen LogP) is 0.373. The second kappa shape index (κ2) is 4.00. The van der Waals surface area contributed by atoms with Gasteiger partial charge in [-0.05, 0) is 6.92 Å². The van der Waals surface area contributed by atoms with Gasteiger partial charge < -0.3 is 15.3 Å². The van der Waals surface area contributed by atoms with Crippen LogP contribution in [0, 0.1) is 11.3 Å². The molecule has 0 bridgehead atoms. The van der Waals surface area contributed by atoms with Crippen molar-refractivity contribution in [1.29, 1.82) is 5.41 Å². The Bertz CT molecular complexity index is 130. The lowest BCUT2D eigenvalue weighted by Crippen LogP contribution is -2.25. The molecule has 0 saturated heterocycles. The molecular weight excluding hydrogens is 134 g/mol. The molecule has 2 N–H and O–H groups in total. The number of carbonyl (C=O) groups is 1. The molecule has 0 amide bonds. The SMILES string of the molecule is COCC(C(C)=N)C(=O)O. The monoisotopic (exact) mass is 145 g/mol. The van der Waals surface area contributed by atoms with Crippen LogP contribution in [0.3, 0.4) is 0 Å². The molecule has 0 aromatic rings. The zero-order valence-electron chi connectivity index (χ0n) is 6.05. The molecule has 0 aromatic heterocycles. The molecule has 0 saturated carbocycles. The van der Waals surface area contributed by atoms with Gasteiger partial charge in [0.1, 0.15) is 5.92 Å². The number of rotatable bonds is 4. The van der Waals surface area contributed by atoms with Crippen LogP contribution in [0.1, 0.15) is 6.92 Å². The molecule has 1 unspecified atom stereocenters. The van der Waals surface area contributed by atoms with Crippen molar-refractivity contribution >= 4 is 11.7 Å². The molecule has 4 nitrogen and oxygen atoms in total. The molecule has 0 aliphatic heterocycles. The largest absolute Gasteiger partial charge is 0.481 e. The molecule has 0 fully saturated rings. The number of carboxylic acid groups (broad SMARTS) is 1. The fraction of sp³-hybridized carbons (Fsp3) is 0.667. The molecule has 4 heteroatoms. The Morgan fingerprint density at radius 3 is 2.40 bits per heavy atom. The molecule has 10 heavy (non-hydrogen) atoms. The van der Waals surface area contributed by atoms with Crippen molar-refractivity contribution in [3.63, 3.8) is 0 Å². The standard InChI is InChI=1S/C6H11NO3/c1-4(7)5(3-10-2)6(8)9/h5,7H,3H2,1-2H3,(H,8,9). The lowest BCUT2D eigenvalue weighted by molar-refractivity contribution is -0.140. The molecule has 0 spiro atoms. The van der Waals surface area contributed by atoms with Crippen LogP contribution >= 0.6 is 0 Å². The number of hydrogen-bond donors (Lipinski definition) is 2. The Labute approximate surface area is 59.3 Å². The van der Waals surface area contributed by atoms with E-state index in [4.69, 9.17) is 10.5 Å². The van der Waals surface area contributed by atoms with Crippen molar-refractivity contribution < 1.29 is 14.6 Å². The third-order valence-electron chi connectivity index (χ3n) is 1.15. The fourth-order valence-corrected chi connectivity index (χ4v) is 0.548. The Hall–Kier alpha value is -0.900. The Balaban J connectivity index is 3.98. The second-order valence-corrected chi connectivity index (χ2v) is 2.03. The van der Waals surface area contributed by atoms with Gasteiger partial charge in [-0.3, -0.25) is 4.79 Å². The van der Waals surface area contributed by atoms with Crippen molar-refractivity contribution in [2.24, 2.45) is 5.92 Å². The Kier molecular flexibility index (Phi) is 3.64. The van der Waals surface area contributed by atoms with Gasteiger partial charge in [0.2, 0.25) is 0 Å². The number of aliphatic carboxylic acids is 1. The van der Waals surface area contributed by atoms with Gasteiger partial charge in [0.05, 0.1) is 6.61 Å². The van der Waals surface area contributed by atoms with Crippen LogP contribution in [0.2, 0.25) is 0 Å². The van der Waals surface area contributed by atoms with Gasteiger partial charge in [0.25, 0.3) is 0 Å². The van der Waals surface area contributed by atoms with E-state index in [0.29, 0.717) is 0 Å². The maximum absolute atomic E-state index is 10.3. The quantitative estimate of drug-likeness (QED) is 0.561. The van der Waals surface area contributed by atoms with Crippen molar-refractivity contribution in [1.82, 2.24) is 0 Å². The van der Waals surface area contributed by atoms with Crippen molar-refractivity contribution in [2.45, 2.75) is 6.92 Å². The Morgan fingerprint density at radius 2 is 2.30 bits per heavy atom. The van der Waals surface area contributed by atoms with Crippen molar-refractivity contribution in [3.05, 3.63) is 0 Å². The second-order valence-electron chi connectivity index (χ2n) is 2.03. The molecule has 58 valence electrons. The third kappa shape index (κ3) is 2.59. The molecule has 0 aliphatic rings. The topological polar surface area (TPSA) is 70.4 Å². The summed E-state index contributed by atoms with van der Waals surface area (Å²) in [7, 11) is 1.42. The van der Waals surface area contributed by atoms with Crippen LogP contribution in [-0.2, 0) is 9.53 Å². The van der Waals surface area contributed by atoms with E-state index >= 15 is 0 Å². The number of ether oxygens (including phenoxy) is 1. The predicted molar refractivity (Wildman–Crippen MR) is 36.4 cm³/mol. The van der Waals surface area contributed by atoms with E-state index in [-0.39, 0.29) is 12.3 Å². The average Bonchev–Trinajstić information content (AvgIpc) is 1.81. The van der Waals surface area contributed by atoms with Gasteiger partial charge in [0, 0.05) is 12.8 Å². The van der Waals surface area contributed by atoms with Gasteiger partial charge in [0.15, 0.2) is 0 Å². The summed E-state index contributed by atoms with van der Waals surface area (Å²) in [4.78, 5) is 10.3. The van der Waals surface area contributed by atoms with E-state index in [9.17, 15) is 4.79 Å². The highest BCUT2D eigenvalue weighted by atomic mass is 16.5. The van der Waals surface area contributed by atoms with E-state index in [1.165, 1.54) is 14.0 Å². The van der Waals surface area contributed by atoms with E-state index in [0.717, 1.165) is 0 Å². The Morgan fingerprint density at radius 1 is 1.80 bits per heavy atom. The lowest BCUT2D eigenvalue weighted by Gasteiger charge is -2.07. The average molecular weight is 145 g/mol. The van der Waals surface area contributed by atoms with Crippen LogP contribution in [0.15, 0.2) is 0 Å². The first-order valence-corrected chi connectivity index (χ1v) is 2.86. The van der Waals surface area contributed by atoms with E-state index < -0.39 is 11.9 Å². The highest BCUT2D eigenvalue weighted by molar-refractivity contribution is 5.98. The van der Waals surface area contributed by atoms with E-state index in [1.54, 1.807) is 0 Å².